The zero-order valence-electron chi connectivity index (χ0n) is 21.4. The van der Waals surface area contributed by atoms with Crippen molar-refractivity contribution in [3.63, 3.8) is 0 Å². The van der Waals surface area contributed by atoms with E-state index in [0.717, 1.165) is 42.4 Å². The van der Waals surface area contributed by atoms with Crippen LogP contribution in [0.4, 0.5) is 0 Å². The molecule has 3 aromatic rings. The highest BCUT2D eigenvalue weighted by Gasteiger charge is 2.30. The molecule has 0 saturated carbocycles. The first-order valence-corrected chi connectivity index (χ1v) is 12.7. The van der Waals surface area contributed by atoms with Crippen molar-refractivity contribution in [3.8, 4) is 11.5 Å². The van der Waals surface area contributed by atoms with Crippen molar-refractivity contribution in [3.05, 3.63) is 82.7 Å². The molecule has 2 aromatic carbocycles. The summed E-state index contributed by atoms with van der Waals surface area (Å²) >= 11 is 0. The third kappa shape index (κ3) is 6.11. The molecule has 1 heterocycles. The van der Waals surface area contributed by atoms with Crippen LogP contribution in [-0.2, 0) is 30.6 Å². The largest absolute Gasteiger partial charge is 0.496 e. The molecule has 1 aliphatic rings. The SMILES string of the molecule is COc1cc([C@@H](O)[C@H](CC2Cc3ccccc3C2)Cn2ccc(CCCC(=O)O)c2)cc(OC)c1C. The average Bonchev–Trinajstić information content (AvgIpc) is 3.49. The van der Waals surface area contributed by atoms with E-state index in [1.54, 1.807) is 14.2 Å². The third-order valence-electron chi connectivity index (χ3n) is 7.45. The average molecular weight is 492 g/mol. The first-order chi connectivity index (χ1) is 17.4. The molecule has 1 aliphatic carbocycles. The molecule has 2 N–H and O–H groups in total. The number of hydrogen-bond donors (Lipinski definition) is 2. The predicted molar refractivity (Wildman–Crippen MR) is 140 cm³/mol. The number of benzene rings is 2. The summed E-state index contributed by atoms with van der Waals surface area (Å²) in [6, 6.07) is 14.5. The van der Waals surface area contributed by atoms with E-state index >= 15 is 0 Å². The number of carboxylic acids is 1. The Bertz CT molecular complexity index is 1130. The highest BCUT2D eigenvalue weighted by molar-refractivity contribution is 5.66. The summed E-state index contributed by atoms with van der Waals surface area (Å²) in [7, 11) is 3.27. The van der Waals surface area contributed by atoms with Crippen LogP contribution in [0.2, 0.25) is 0 Å². The number of carboxylic acid groups (broad SMARTS) is 1. The minimum atomic E-state index is -0.765. The van der Waals surface area contributed by atoms with Gasteiger partial charge in [-0.2, -0.15) is 0 Å². The lowest BCUT2D eigenvalue weighted by Crippen LogP contribution is -2.22. The third-order valence-corrected chi connectivity index (χ3v) is 7.45. The van der Waals surface area contributed by atoms with Gasteiger partial charge in [0.15, 0.2) is 0 Å². The Morgan fingerprint density at radius 3 is 2.31 bits per heavy atom. The lowest BCUT2D eigenvalue weighted by Gasteiger charge is -2.27. The predicted octanol–water partition coefficient (Wildman–Crippen LogP) is 5.38. The van der Waals surface area contributed by atoms with Gasteiger partial charge in [-0.05, 0) is 85.4 Å². The molecule has 0 aliphatic heterocycles. The monoisotopic (exact) mass is 491 g/mol. The van der Waals surface area contributed by atoms with Gasteiger partial charge < -0.3 is 24.3 Å². The molecule has 0 bridgehead atoms. The molecule has 0 radical (unpaired) electrons. The van der Waals surface area contributed by atoms with Crippen molar-refractivity contribution in [2.75, 3.05) is 14.2 Å². The van der Waals surface area contributed by atoms with Crippen LogP contribution in [0, 0.1) is 18.8 Å². The topological polar surface area (TPSA) is 80.9 Å². The van der Waals surface area contributed by atoms with E-state index in [1.807, 2.05) is 25.3 Å². The number of aliphatic hydroxyl groups excluding tert-OH is 1. The molecule has 36 heavy (non-hydrogen) atoms. The molecule has 0 unspecified atom stereocenters. The number of fused-ring (bicyclic) bond motifs is 1. The van der Waals surface area contributed by atoms with Gasteiger partial charge >= 0.3 is 5.97 Å². The zero-order valence-corrected chi connectivity index (χ0v) is 21.4. The number of carbonyl (C=O) groups is 1. The van der Waals surface area contributed by atoms with Crippen LogP contribution in [0.15, 0.2) is 54.9 Å². The van der Waals surface area contributed by atoms with Gasteiger partial charge in [-0.15, -0.1) is 0 Å². The minimum Gasteiger partial charge on any atom is -0.496 e. The Morgan fingerprint density at radius 1 is 1.08 bits per heavy atom. The quantitative estimate of drug-likeness (QED) is 0.356. The summed E-state index contributed by atoms with van der Waals surface area (Å²) in [6.45, 7) is 2.62. The number of aryl methyl sites for hydroxylation is 1. The normalized spacial score (nSPS) is 14.9. The fourth-order valence-corrected chi connectivity index (χ4v) is 5.56. The first kappa shape index (κ1) is 25.8. The zero-order chi connectivity index (χ0) is 25.7. The lowest BCUT2D eigenvalue weighted by atomic mass is 9.85. The van der Waals surface area contributed by atoms with Gasteiger partial charge in [-0.1, -0.05) is 24.3 Å². The first-order valence-electron chi connectivity index (χ1n) is 12.7. The number of hydrogen-bond acceptors (Lipinski definition) is 4. The molecule has 1 aromatic heterocycles. The number of aliphatic carboxylic acids is 1. The fourth-order valence-electron chi connectivity index (χ4n) is 5.56. The molecule has 6 nitrogen and oxygen atoms in total. The molecular formula is C30H37NO5. The van der Waals surface area contributed by atoms with Gasteiger partial charge in [0.2, 0.25) is 0 Å². The summed E-state index contributed by atoms with van der Waals surface area (Å²) in [5.74, 6) is 1.11. The van der Waals surface area contributed by atoms with Gasteiger partial charge in [0.1, 0.15) is 11.5 Å². The molecule has 4 rings (SSSR count). The summed E-state index contributed by atoms with van der Waals surface area (Å²) in [4.78, 5) is 10.9. The molecular weight excluding hydrogens is 454 g/mol. The van der Waals surface area contributed by atoms with Gasteiger partial charge in [0, 0.05) is 36.8 Å². The van der Waals surface area contributed by atoms with E-state index in [9.17, 15) is 9.90 Å². The summed E-state index contributed by atoms with van der Waals surface area (Å²) in [5.41, 5.74) is 5.66. The van der Waals surface area contributed by atoms with E-state index in [1.165, 1.54) is 11.1 Å². The van der Waals surface area contributed by atoms with Crippen LogP contribution in [0.5, 0.6) is 11.5 Å². The summed E-state index contributed by atoms with van der Waals surface area (Å²) in [5, 5.41) is 20.6. The van der Waals surface area contributed by atoms with Crippen LogP contribution in [0.25, 0.3) is 0 Å². The van der Waals surface area contributed by atoms with E-state index in [0.29, 0.717) is 30.4 Å². The molecule has 0 amide bonds. The second-order valence-corrected chi connectivity index (χ2v) is 10.00. The van der Waals surface area contributed by atoms with Crippen molar-refractivity contribution in [1.29, 1.82) is 0 Å². The Balaban J connectivity index is 1.55. The van der Waals surface area contributed by atoms with Crippen LogP contribution in [0.1, 0.15) is 53.2 Å². The number of nitrogens with zero attached hydrogens (tertiary/aromatic N) is 1. The second-order valence-electron chi connectivity index (χ2n) is 10.00. The van der Waals surface area contributed by atoms with Gasteiger partial charge in [-0.3, -0.25) is 4.79 Å². The maximum Gasteiger partial charge on any atom is 0.303 e. The highest BCUT2D eigenvalue weighted by atomic mass is 16.5. The number of ether oxygens (including phenoxy) is 2. The van der Waals surface area contributed by atoms with E-state index in [4.69, 9.17) is 14.6 Å². The van der Waals surface area contributed by atoms with Crippen molar-refractivity contribution in [2.45, 2.75) is 58.1 Å². The molecule has 0 fully saturated rings. The van der Waals surface area contributed by atoms with Crippen LogP contribution in [0.3, 0.4) is 0 Å². The van der Waals surface area contributed by atoms with Crippen molar-refractivity contribution in [1.82, 2.24) is 4.57 Å². The molecule has 2 atom stereocenters. The van der Waals surface area contributed by atoms with Crippen LogP contribution < -0.4 is 9.47 Å². The van der Waals surface area contributed by atoms with Crippen molar-refractivity contribution >= 4 is 5.97 Å². The van der Waals surface area contributed by atoms with E-state index < -0.39 is 12.1 Å². The smallest absolute Gasteiger partial charge is 0.303 e. The molecule has 6 heteroatoms. The standard InChI is InChI=1S/C30H37NO5/c1-20-27(35-2)16-25(17-28(20)36-3)30(34)26(15-22-13-23-8-4-5-9-24(23)14-22)19-31-12-11-21(18-31)7-6-10-29(32)33/h4-5,8-9,11-12,16-18,22,26,30,34H,6-7,10,13-15,19H2,1-3H3,(H,32,33)/t26-,30-/m1/s1. The van der Waals surface area contributed by atoms with Crippen molar-refractivity contribution < 1.29 is 24.5 Å². The van der Waals surface area contributed by atoms with Crippen LogP contribution in [-0.4, -0.2) is 35.0 Å². The maximum atomic E-state index is 11.7. The molecule has 0 saturated heterocycles. The lowest BCUT2D eigenvalue weighted by molar-refractivity contribution is -0.137. The number of aliphatic hydroxyl groups is 1. The maximum absolute atomic E-state index is 11.7. The highest BCUT2D eigenvalue weighted by Crippen LogP contribution is 2.39. The Kier molecular flexibility index (Phi) is 8.36. The van der Waals surface area contributed by atoms with Gasteiger partial charge in [-0.25, -0.2) is 0 Å². The van der Waals surface area contributed by atoms with Gasteiger partial charge in [0.25, 0.3) is 0 Å². The Hall–Kier alpha value is -3.25. The molecule has 0 spiro atoms. The minimum absolute atomic E-state index is 0.0132. The van der Waals surface area contributed by atoms with E-state index in [2.05, 4.69) is 41.1 Å². The second kappa shape index (κ2) is 11.7. The summed E-state index contributed by atoms with van der Waals surface area (Å²) in [6.07, 6.45) is 7.92. The molecule has 192 valence electrons. The summed E-state index contributed by atoms with van der Waals surface area (Å²) < 4.78 is 13.3. The number of rotatable bonds is 12. The fraction of sp³-hybridized carbons (Fsp3) is 0.433. The number of aromatic nitrogens is 1. The number of methoxy groups -OCH3 is 2. The van der Waals surface area contributed by atoms with E-state index in [-0.39, 0.29) is 12.3 Å². The van der Waals surface area contributed by atoms with Crippen molar-refractivity contribution in [2.24, 2.45) is 11.8 Å². The van der Waals surface area contributed by atoms with Crippen LogP contribution >= 0.6 is 0 Å². The Labute approximate surface area is 213 Å². The Morgan fingerprint density at radius 2 is 1.72 bits per heavy atom. The van der Waals surface area contributed by atoms with Gasteiger partial charge in [0.05, 0.1) is 20.3 Å².